The number of hydrogen-bond donors (Lipinski definition) is 2. The van der Waals surface area contributed by atoms with E-state index < -0.39 is 0 Å². The molecule has 4 heteroatoms. The molecule has 2 rings (SSSR count). The average Bonchev–Trinajstić information content (AvgIpc) is 2.41. The van der Waals surface area contributed by atoms with E-state index in [0.29, 0.717) is 5.92 Å². The third-order valence-corrected chi connectivity index (χ3v) is 4.58. The van der Waals surface area contributed by atoms with Crippen molar-refractivity contribution in [3.05, 3.63) is 29.3 Å². The Morgan fingerprint density at radius 2 is 2.19 bits per heavy atom. The first kappa shape index (κ1) is 15.8. The van der Waals surface area contributed by atoms with Crippen LogP contribution in [0.25, 0.3) is 0 Å². The van der Waals surface area contributed by atoms with Crippen LogP contribution in [0, 0.1) is 6.92 Å². The summed E-state index contributed by atoms with van der Waals surface area (Å²) in [7, 11) is 0. The monoisotopic (exact) mass is 289 g/mol. The van der Waals surface area contributed by atoms with E-state index in [1.54, 1.807) is 0 Å². The molecule has 0 bridgehead atoms. The number of carbonyl (C=O) groups is 1. The van der Waals surface area contributed by atoms with E-state index in [2.05, 4.69) is 56.2 Å². The Morgan fingerprint density at radius 1 is 1.52 bits per heavy atom. The Labute approximate surface area is 127 Å². The first-order valence-corrected chi connectivity index (χ1v) is 7.72. The lowest BCUT2D eigenvalue weighted by Crippen LogP contribution is -2.59. The molecule has 1 aromatic carbocycles. The fourth-order valence-electron chi connectivity index (χ4n) is 3.73. The number of anilines is 1. The van der Waals surface area contributed by atoms with Crippen LogP contribution in [0.15, 0.2) is 18.2 Å². The first-order chi connectivity index (χ1) is 9.81. The molecular weight excluding hydrogens is 262 g/mol. The van der Waals surface area contributed by atoms with Gasteiger partial charge in [-0.25, -0.2) is 5.84 Å². The van der Waals surface area contributed by atoms with Gasteiger partial charge in [-0.2, -0.15) is 0 Å². The lowest BCUT2D eigenvalue weighted by atomic mass is 9.78. The molecule has 0 fully saturated rings. The molecule has 0 saturated carbocycles. The Balaban J connectivity index is 2.59. The van der Waals surface area contributed by atoms with Crippen LogP contribution in [0.3, 0.4) is 0 Å². The van der Waals surface area contributed by atoms with Gasteiger partial charge in [0, 0.05) is 11.2 Å². The normalized spacial score (nSPS) is 21.6. The van der Waals surface area contributed by atoms with E-state index in [1.165, 1.54) is 16.8 Å². The zero-order valence-electron chi connectivity index (χ0n) is 13.7. The SMILES string of the molecule is CC[C@@H](C(=O)NN)N1c2cc(C)ccc2[C@H](C)CC1(C)C. The van der Waals surface area contributed by atoms with Crippen LogP contribution < -0.4 is 16.2 Å². The summed E-state index contributed by atoms with van der Waals surface area (Å²) >= 11 is 0. The number of amides is 1. The minimum absolute atomic E-state index is 0.0760. The van der Waals surface area contributed by atoms with Gasteiger partial charge in [0.05, 0.1) is 0 Å². The fraction of sp³-hybridized carbons (Fsp3) is 0.588. The molecule has 2 atom stereocenters. The van der Waals surface area contributed by atoms with Crippen LogP contribution >= 0.6 is 0 Å². The Hall–Kier alpha value is -1.55. The highest BCUT2D eigenvalue weighted by Gasteiger charge is 2.41. The number of aryl methyl sites for hydroxylation is 1. The first-order valence-electron chi connectivity index (χ1n) is 7.72. The van der Waals surface area contributed by atoms with Gasteiger partial charge in [-0.3, -0.25) is 10.2 Å². The third-order valence-electron chi connectivity index (χ3n) is 4.58. The van der Waals surface area contributed by atoms with Crippen LogP contribution in [0.1, 0.15) is 57.6 Å². The topological polar surface area (TPSA) is 58.4 Å². The summed E-state index contributed by atoms with van der Waals surface area (Å²) in [4.78, 5) is 14.5. The zero-order valence-corrected chi connectivity index (χ0v) is 13.7. The second-order valence-corrected chi connectivity index (χ2v) is 6.78. The molecule has 0 unspecified atom stereocenters. The van der Waals surface area contributed by atoms with Gasteiger partial charge in [-0.1, -0.05) is 26.0 Å². The number of benzene rings is 1. The molecule has 1 aliphatic heterocycles. The largest absolute Gasteiger partial charge is 0.354 e. The van der Waals surface area contributed by atoms with Crippen molar-refractivity contribution in [1.29, 1.82) is 0 Å². The number of nitrogens with two attached hydrogens (primary N) is 1. The van der Waals surface area contributed by atoms with Gasteiger partial charge in [0.2, 0.25) is 0 Å². The van der Waals surface area contributed by atoms with Crippen molar-refractivity contribution in [2.24, 2.45) is 5.84 Å². The summed E-state index contributed by atoms with van der Waals surface area (Å²) in [5.74, 6) is 5.77. The van der Waals surface area contributed by atoms with Gasteiger partial charge in [-0.15, -0.1) is 0 Å². The van der Waals surface area contributed by atoms with Gasteiger partial charge in [0.15, 0.2) is 0 Å². The molecule has 1 heterocycles. The van der Waals surface area contributed by atoms with Crippen molar-refractivity contribution in [1.82, 2.24) is 5.43 Å². The van der Waals surface area contributed by atoms with Crippen molar-refractivity contribution in [3.8, 4) is 0 Å². The lowest BCUT2D eigenvalue weighted by Gasteiger charge is -2.50. The number of fused-ring (bicyclic) bond motifs is 1. The minimum Gasteiger partial charge on any atom is -0.354 e. The second-order valence-electron chi connectivity index (χ2n) is 6.78. The van der Waals surface area contributed by atoms with E-state index in [-0.39, 0.29) is 17.5 Å². The number of carbonyl (C=O) groups excluding carboxylic acids is 1. The second kappa shape index (κ2) is 5.68. The molecule has 0 saturated heterocycles. The number of nitrogens with zero attached hydrogens (tertiary/aromatic N) is 1. The third kappa shape index (κ3) is 2.77. The smallest absolute Gasteiger partial charge is 0.256 e. The molecule has 0 spiro atoms. The van der Waals surface area contributed by atoms with Gasteiger partial charge >= 0.3 is 0 Å². The van der Waals surface area contributed by atoms with E-state index >= 15 is 0 Å². The average molecular weight is 289 g/mol. The molecule has 3 N–H and O–H groups in total. The highest BCUT2D eigenvalue weighted by Crippen LogP contribution is 2.45. The maximum absolute atomic E-state index is 12.2. The van der Waals surface area contributed by atoms with E-state index in [0.717, 1.165) is 12.8 Å². The van der Waals surface area contributed by atoms with Crippen molar-refractivity contribution in [2.45, 2.75) is 65.0 Å². The maximum atomic E-state index is 12.2. The quantitative estimate of drug-likeness (QED) is 0.511. The van der Waals surface area contributed by atoms with E-state index in [9.17, 15) is 4.79 Å². The van der Waals surface area contributed by atoms with Crippen LogP contribution in [0.4, 0.5) is 5.69 Å². The van der Waals surface area contributed by atoms with Crippen LogP contribution in [-0.2, 0) is 4.79 Å². The molecule has 116 valence electrons. The van der Waals surface area contributed by atoms with Gasteiger partial charge in [0.25, 0.3) is 5.91 Å². The summed E-state index contributed by atoms with van der Waals surface area (Å²) in [5.41, 5.74) is 5.96. The summed E-state index contributed by atoms with van der Waals surface area (Å²) < 4.78 is 0. The molecule has 4 nitrogen and oxygen atoms in total. The molecule has 1 aliphatic rings. The van der Waals surface area contributed by atoms with Crippen molar-refractivity contribution in [2.75, 3.05) is 4.90 Å². The molecule has 0 radical (unpaired) electrons. The summed E-state index contributed by atoms with van der Waals surface area (Å²) in [6.07, 6.45) is 1.76. The van der Waals surface area contributed by atoms with E-state index in [1.807, 2.05) is 6.92 Å². The number of nitrogens with one attached hydrogen (secondary N) is 1. The highest BCUT2D eigenvalue weighted by molar-refractivity contribution is 5.86. The molecule has 0 aromatic heterocycles. The zero-order chi connectivity index (χ0) is 15.8. The Kier molecular flexibility index (Phi) is 4.28. The molecule has 21 heavy (non-hydrogen) atoms. The molecule has 0 aliphatic carbocycles. The highest BCUT2D eigenvalue weighted by atomic mass is 16.2. The predicted molar refractivity (Wildman–Crippen MR) is 87.2 cm³/mol. The van der Waals surface area contributed by atoms with Crippen LogP contribution in [0.2, 0.25) is 0 Å². The van der Waals surface area contributed by atoms with Crippen LogP contribution in [-0.4, -0.2) is 17.5 Å². The number of hydrogen-bond acceptors (Lipinski definition) is 3. The maximum Gasteiger partial charge on any atom is 0.256 e. The van der Waals surface area contributed by atoms with Crippen molar-refractivity contribution >= 4 is 11.6 Å². The minimum atomic E-state index is -0.238. The van der Waals surface area contributed by atoms with Gasteiger partial charge < -0.3 is 4.90 Å². The fourth-order valence-corrected chi connectivity index (χ4v) is 3.73. The Bertz CT molecular complexity index is 539. The van der Waals surface area contributed by atoms with Gasteiger partial charge in [0.1, 0.15) is 6.04 Å². The van der Waals surface area contributed by atoms with Crippen molar-refractivity contribution in [3.63, 3.8) is 0 Å². The standard InChI is InChI=1S/C17H27N3O/c1-6-14(16(21)19-18)20-15-9-11(2)7-8-13(15)12(3)10-17(20,4)5/h7-9,12,14H,6,10,18H2,1-5H3,(H,19,21)/t12-,14+/m1/s1. The molecule has 1 amide bonds. The summed E-state index contributed by atoms with van der Waals surface area (Å²) in [6, 6.07) is 6.30. The molecular formula is C17H27N3O. The van der Waals surface area contributed by atoms with Crippen molar-refractivity contribution < 1.29 is 4.79 Å². The predicted octanol–water partition coefficient (Wildman–Crippen LogP) is 2.86. The number of rotatable bonds is 3. The summed E-state index contributed by atoms with van der Waals surface area (Å²) in [6.45, 7) is 10.8. The molecule has 1 aromatic rings. The summed E-state index contributed by atoms with van der Waals surface area (Å²) in [5, 5.41) is 0. The number of hydrazine groups is 1. The Morgan fingerprint density at radius 3 is 2.76 bits per heavy atom. The lowest BCUT2D eigenvalue weighted by molar-refractivity contribution is -0.122. The van der Waals surface area contributed by atoms with Crippen LogP contribution in [0.5, 0.6) is 0 Å². The van der Waals surface area contributed by atoms with Gasteiger partial charge in [-0.05, 0) is 56.7 Å². The van der Waals surface area contributed by atoms with E-state index in [4.69, 9.17) is 5.84 Å².